The lowest BCUT2D eigenvalue weighted by molar-refractivity contribution is -0.150. The minimum absolute atomic E-state index is 0.0313. The van der Waals surface area contributed by atoms with Crippen LogP contribution < -0.4 is 5.32 Å². The zero-order chi connectivity index (χ0) is 11.9. The number of hydrogen-bond donors (Lipinski definition) is 1. The Labute approximate surface area is 104 Å². The minimum atomic E-state index is 0.0313. The van der Waals surface area contributed by atoms with Gasteiger partial charge in [-0.2, -0.15) is 0 Å². The van der Waals surface area contributed by atoms with E-state index in [-0.39, 0.29) is 12.1 Å². The number of carbonyl (C=O) groups is 1. The van der Waals surface area contributed by atoms with Crippen LogP contribution in [-0.4, -0.2) is 25.2 Å². The molecule has 0 aromatic rings. The normalized spacial score (nSPS) is 26.7. The van der Waals surface area contributed by atoms with Crippen molar-refractivity contribution in [2.24, 2.45) is 5.92 Å². The Balaban J connectivity index is 1.61. The Bertz CT molecular complexity index is 228. The molecule has 1 saturated heterocycles. The van der Waals surface area contributed by atoms with Crippen LogP contribution in [0.4, 0.5) is 0 Å². The summed E-state index contributed by atoms with van der Waals surface area (Å²) in [6.45, 7) is 2.19. The molecular formula is C14H25NO2. The van der Waals surface area contributed by atoms with Gasteiger partial charge in [0.15, 0.2) is 0 Å². The topological polar surface area (TPSA) is 38.3 Å². The molecule has 1 aliphatic carbocycles. The van der Waals surface area contributed by atoms with Crippen molar-refractivity contribution in [3.05, 3.63) is 0 Å². The van der Waals surface area contributed by atoms with Crippen LogP contribution in [0.5, 0.6) is 0 Å². The minimum Gasteiger partial charge on any atom is -0.462 e. The van der Waals surface area contributed by atoms with E-state index in [1.165, 1.54) is 32.1 Å². The number of hydrogen-bond acceptors (Lipinski definition) is 3. The molecule has 0 amide bonds. The average molecular weight is 239 g/mol. The van der Waals surface area contributed by atoms with Gasteiger partial charge in [-0.05, 0) is 57.5 Å². The van der Waals surface area contributed by atoms with E-state index in [9.17, 15) is 4.79 Å². The molecule has 1 heterocycles. The molecule has 17 heavy (non-hydrogen) atoms. The highest BCUT2D eigenvalue weighted by Crippen LogP contribution is 2.21. The quantitative estimate of drug-likeness (QED) is 0.605. The van der Waals surface area contributed by atoms with E-state index < -0.39 is 0 Å². The molecule has 0 spiro atoms. The van der Waals surface area contributed by atoms with Crippen LogP contribution in [0.25, 0.3) is 0 Å². The largest absolute Gasteiger partial charge is 0.462 e. The highest BCUT2D eigenvalue weighted by atomic mass is 16.5. The summed E-state index contributed by atoms with van der Waals surface area (Å²) in [7, 11) is 0. The smallest absolute Gasteiger partial charge is 0.306 e. The predicted octanol–water partition coefficient (Wildman–Crippen LogP) is 2.64. The van der Waals surface area contributed by atoms with Crippen molar-refractivity contribution in [1.29, 1.82) is 0 Å². The second kappa shape index (κ2) is 7.00. The maximum absolute atomic E-state index is 11.7. The number of ether oxygens (including phenoxy) is 1. The van der Waals surface area contributed by atoms with Crippen molar-refractivity contribution < 1.29 is 9.53 Å². The Morgan fingerprint density at radius 3 is 2.53 bits per heavy atom. The average Bonchev–Trinajstić information content (AvgIpc) is 2.72. The third-order valence-corrected chi connectivity index (χ3v) is 4.02. The van der Waals surface area contributed by atoms with Gasteiger partial charge in [0.25, 0.3) is 0 Å². The van der Waals surface area contributed by atoms with E-state index in [2.05, 4.69) is 5.32 Å². The molecule has 3 nitrogen and oxygen atoms in total. The molecule has 2 rings (SSSR count). The van der Waals surface area contributed by atoms with Gasteiger partial charge in [-0.25, -0.2) is 0 Å². The van der Waals surface area contributed by atoms with Crippen LogP contribution in [0.1, 0.15) is 57.8 Å². The molecule has 98 valence electrons. The lowest BCUT2D eigenvalue weighted by Gasteiger charge is -2.16. The van der Waals surface area contributed by atoms with Crippen LogP contribution >= 0.6 is 0 Å². The zero-order valence-electron chi connectivity index (χ0n) is 10.7. The number of rotatable bonds is 4. The molecule has 1 N–H and O–H groups in total. The molecule has 1 saturated carbocycles. The van der Waals surface area contributed by atoms with E-state index in [0.29, 0.717) is 12.3 Å². The highest BCUT2D eigenvalue weighted by Gasteiger charge is 2.19. The Kier molecular flexibility index (Phi) is 5.30. The van der Waals surface area contributed by atoms with Gasteiger partial charge in [0.1, 0.15) is 6.10 Å². The summed E-state index contributed by atoms with van der Waals surface area (Å²) in [5.74, 6) is 0.723. The lowest BCUT2D eigenvalue weighted by atomic mass is 10.0. The van der Waals surface area contributed by atoms with Crippen molar-refractivity contribution in [3.63, 3.8) is 0 Å². The van der Waals surface area contributed by atoms with Gasteiger partial charge in [-0.3, -0.25) is 4.79 Å². The van der Waals surface area contributed by atoms with Crippen molar-refractivity contribution in [3.8, 4) is 0 Å². The van der Waals surface area contributed by atoms with E-state index in [1.54, 1.807) is 0 Å². The van der Waals surface area contributed by atoms with Crippen molar-refractivity contribution in [2.75, 3.05) is 13.1 Å². The first-order valence-electron chi connectivity index (χ1n) is 7.25. The molecule has 0 radical (unpaired) electrons. The van der Waals surface area contributed by atoms with Crippen LogP contribution in [0.15, 0.2) is 0 Å². The zero-order valence-corrected chi connectivity index (χ0v) is 10.7. The van der Waals surface area contributed by atoms with Gasteiger partial charge in [-0.1, -0.05) is 12.8 Å². The SMILES string of the molecule is O=C(CCC1CCNC1)OC1CCCCCC1. The molecule has 0 aromatic heterocycles. The van der Waals surface area contributed by atoms with E-state index in [4.69, 9.17) is 4.74 Å². The fourth-order valence-corrected chi connectivity index (χ4v) is 2.89. The van der Waals surface area contributed by atoms with Crippen LogP contribution in [0, 0.1) is 5.92 Å². The summed E-state index contributed by atoms with van der Waals surface area (Å²) in [5, 5.41) is 3.33. The molecule has 1 unspecified atom stereocenters. The number of nitrogens with one attached hydrogen (secondary N) is 1. The fourth-order valence-electron chi connectivity index (χ4n) is 2.89. The Morgan fingerprint density at radius 2 is 1.88 bits per heavy atom. The van der Waals surface area contributed by atoms with Crippen LogP contribution in [0.3, 0.4) is 0 Å². The van der Waals surface area contributed by atoms with Gasteiger partial charge < -0.3 is 10.1 Å². The van der Waals surface area contributed by atoms with Gasteiger partial charge in [0.2, 0.25) is 0 Å². The molecule has 1 aliphatic heterocycles. The van der Waals surface area contributed by atoms with Crippen molar-refractivity contribution >= 4 is 5.97 Å². The third-order valence-electron chi connectivity index (χ3n) is 4.02. The summed E-state index contributed by atoms with van der Waals surface area (Å²) in [6, 6.07) is 0. The first-order valence-corrected chi connectivity index (χ1v) is 7.25. The molecule has 2 aliphatic rings. The monoisotopic (exact) mass is 239 g/mol. The fraction of sp³-hybridized carbons (Fsp3) is 0.929. The molecule has 2 fully saturated rings. The first-order chi connectivity index (χ1) is 8.34. The second-order valence-electron chi connectivity index (χ2n) is 5.50. The molecule has 1 atom stereocenters. The Hall–Kier alpha value is -0.570. The van der Waals surface area contributed by atoms with Gasteiger partial charge >= 0.3 is 5.97 Å². The highest BCUT2D eigenvalue weighted by molar-refractivity contribution is 5.69. The summed E-state index contributed by atoms with van der Waals surface area (Å²) in [6.07, 6.45) is 10.3. The third kappa shape index (κ3) is 4.66. The standard InChI is InChI=1S/C14H25NO2/c16-14(8-7-12-9-10-15-11-12)17-13-5-3-1-2-4-6-13/h12-13,15H,1-11H2. The second-order valence-corrected chi connectivity index (χ2v) is 5.50. The van der Waals surface area contributed by atoms with E-state index in [0.717, 1.165) is 32.4 Å². The van der Waals surface area contributed by atoms with Crippen molar-refractivity contribution in [1.82, 2.24) is 5.32 Å². The van der Waals surface area contributed by atoms with Gasteiger partial charge in [-0.15, -0.1) is 0 Å². The lowest BCUT2D eigenvalue weighted by Crippen LogP contribution is -2.18. The van der Waals surface area contributed by atoms with Gasteiger partial charge in [0, 0.05) is 6.42 Å². The van der Waals surface area contributed by atoms with Crippen LogP contribution in [0.2, 0.25) is 0 Å². The molecule has 0 bridgehead atoms. The summed E-state index contributed by atoms with van der Waals surface area (Å²) in [4.78, 5) is 11.7. The van der Waals surface area contributed by atoms with E-state index in [1.807, 2.05) is 0 Å². The van der Waals surface area contributed by atoms with Crippen LogP contribution in [-0.2, 0) is 9.53 Å². The first kappa shape index (κ1) is 12.9. The molecular weight excluding hydrogens is 214 g/mol. The van der Waals surface area contributed by atoms with E-state index >= 15 is 0 Å². The Morgan fingerprint density at radius 1 is 1.12 bits per heavy atom. The maximum Gasteiger partial charge on any atom is 0.306 e. The van der Waals surface area contributed by atoms with Gasteiger partial charge in [0.05, 0.1) is 0 Å². The molecule has 0 aromatic carbocycles. The predicted molar refractivity (Wildman–Crippen MR) is 67.8 cm³/mol. The van der Waals surface area contributed by atoms with Crippen molar-refractivity contribution in [2.45, 2.75) is 63.9 Å². The maximum atomic E-state index is 11.7. The number of esters is 1. The summed E-state index contributed by atoms with van der Waals surface area (Å²) < 4.78 is 5.57. The summed E-state index contributed by atoms with van der Waals surface area (Å²) >= 11 is 0. The summed E-state index contributed by atoms with van der Waals surface area (Å²) in [5.41, 5.74) is 0. The molecule has 3 heteroatoms. The number of carbonyl (C=O) groups excluding carboxylic acids is 1.